The molecule has 0 unspecified atom stereocenters. The minimum Gasteiger partial charge on any atom is -0.486 e. The summed E-state index contributed by atoms with van der Waals surface area (Å²) in [6, 6.07) is 10.8. The Morgan fingerprint density at radius 3 is 2.96 bits per heavy atom. The molecular formula is C18H14BrN3O5. The summed E-state index contributed by atoms with van der Waals surface area (Å²) < 4.78 is 13.3. The first-order valence-corrected chi connectivity index (χ1v) is 8.59. The lowest BCUT2D eigenvalue weighted by Gasteiger charge is -2.03. The molecule has 0 saturated carbocycles. The molecule has 1 aromatic carbocycles. The number of allylic oxidation sites excluding steroid dienone is 1. The van der Waals surface area contributed by atoms with E-state index in [0.29, 0.717) is 17.3 Å². The number of nitro groups is 1. The molecule has 2 heterocycles. The Morgan fingerprint density at radius 2 is 2.22 bits per heavy atom. The van der Waals surface area contributed by atoms with Crippen molar-refractivity contribution in [3.63, 3.8) is 0 Å². The van der Waals surface area contributed by atoms with E-state index in [1.807, 2.05) is 24.3 Å². The number of aromatic nitrogens is 2. The van der Waals surface area contributed by atoms with Crippen molar-refractivity contribution in [1.82, 2.24) is 9.78 Å². The van der Waals surface area contributed by atoms with E-state index in [2.05, 4.69) is 21.0 Å². The summed E-state index contributed by atoms with van der Waals surface area (Å²) in [7, 11) is 1.51. The molecule has 2 aromatic heterocycles. The van der Waals surface area contributed by atoms with Crippen molar-refractivity contribution in [3.8, 4) is 5.75 Å². The summed E-state index contributed by atoms with van der Waals surface area (Å²) in [5, 5.41) is 14.8. The van der Waals surface area contributed by atoms with E-state index in [1.54, 1.807) is 12.1 Å². The van der Waals surface area contributed by atoms with Crippen LogP contribution in [0.5, 0.6) is 5.75 Å². The fourth-order valence-corrected chi connectivity index (χ4v) is 2.67. The molecule has 138 valence electrons. The molecule has 0 atom stereocenters. The van der Waals surface area contributed by atoms with Crippen LogP contribution in [0.1, 0.15) is 22.0 Å². The van der Waals surface area contributed by atoms with Crippen LogP contribution in [-0.2, 0) is 13.7 Å². The molecule has 0 bridgehead atoms. The number of ether oxygens (including phenoxy) is 1. The van der Waals surface area contributed by atoms with Crippen LogP contribution in [0.15, 0.2) is 57.6 Å². The first kappa shape index (κ1) is 18.6. The zero-order valence-electron chi connectivity index (χ0n) is 14.2. The van der Waals surface area contributed by atoms with Gasteiger partial charge in [0.2, 0.25) is 11.5 Å². The van der Waals surface area contributed by atoms with Crippen molar-refractivity contribution < 1.29 is 18.9 Å². The molecule has 27 heavy (non-hydrogen) atoms. The number of hydrogen-bond donors (Lipinski definition) is 0. The summed E-state index contributed by atoms with van der Waals surface area (Å²) in [6.45, 7) is 0.226. The molecule has 0 spiro atoms. The second-order valence-corrected chi connectivity index (χ2v) is 6.46. The summed E-state index contributed by atoms with van der Waals surface area (Å²) >= 11 is 3.37. The molecule has 3 aromatic rings. The van der Waals surface area contributed by atoms with Gasteiger partial charge in [0.15, 0.2) is 0 Å². The van der Waals surface area contributed by atoms with Gasteiger partial charge in [0.25, 0.3) is 0 Å². The number of rotatable bonds is 7. The van der Waals surface area contributed by atoms with E-state index in [1.165, 1.54) is 30.1 Å². The summed E-state index contributed by atoms with van der Waals surface area (Å²) in [5.41, 5.74) is -0.557. The molecule has 0 aliphatic carbocycles. The number of carbonyl (C=O) groups is 1. The van der Waals surface area contributed by atoms with Gasteiger partial charge in [-0.15, -0.1) is 0 Å². The van der Waals surface area contributed by atoms with Crippen molar-refractivity contribution >= 4 is 33.5 Å². The smallest absolute Gasteiger partial charge is 0.318 e. The van der Waals surface area contributed by atoms with Gasteiger partial charge in [-0.3, -0.25) is 19.6 Å². The van der Waals surface area contributed by atoms with E-state index in [4.69, 9.17) is 9.15 Å². The van der Waals surface area contributed by atoms with E-state index in [9.17, 15) is 14.9 Å². The van der Waals surface area contributed by atoms with Crippen LogP contribution in [0.3, 0.4) is 0 Å². The molecule has 8 nitrogen and oxygen atoms in total. The largest absolute Gasteiger partial charge is 0.486 e. The van der Waals surface area contributed by atoms with Gasteiger partial charge in [0.05, 0.1) is 4.92 Å². The van der Waals surface area contributed by atoms with Gasteiger partial charge in [0.1, 0.15) is 30.1 Å². The number of carbonyl (C=O) groups excluding carboxylic acids is 1. The third kappa shape index (κ3) is 4.70. The predicted molar refractivity (Wildman–Crippen MR) is 100 cm³/mol. The van der Waals surface area contributed by atoms with Gasteiger partial charge in [0, 0.05) is 11.5 Å². The molecule has 0 aliphatic heterocycles. The van der Waals surface area contributed by atoms with Gasteiger partial charge in [-0.05, 0) is 42.5 Å². The third-order valence-electron chi connectivity index (χ3n) is 3.50. The molecule has 0 saturated heterocycles. The number of ketones is 1. The SMILES string of the molecule is Cn1cc([N+](=O)[O-])c(C(=O)/C=C/c2ccc(COc3cccc(Br)c3)o2)n1. The van der Waals surface area contributed by atoms with Crippen LogP contribution in [0.4, 0.5) is 5.69 Å². The molecular weight excluding hydrogens is 418 g/mol. The number of furan rings is 1. The highest BCUT2D eigenvalue weighted by Gasteiger charge is 2.23. The summed E-state index contributed by atoms with van der Waals surface area (Å²) in [5.74, 6) is 1.11. The molecule has 0 fully saturated rings. The number of hydrogen-bond acceptors (Lipinski definition) is 6. The van der Waals surface area contributed by atoms with E-state index in [0.717, 1.165) is 4.47 Å². The average molecular weight is 432 g/mol. The summed E-state index contributed by atoms with van der Waals surface area (Å²) in [6.07, 6.45) is 3.81. The number of halogens is 1. The highest BCUT2D eigenvalue weighted by atomic mass is 79.9. The number of benzene rings is 1. The fourth-order valence-electron chi connectivity index (χ4n) is 2.29. The van der Waals surface area contributed by atoms with E-state index >= 15 is 0 Å². The Balaban J connectivity index is 1.65. The minimum atomic E-state index is -0.641. The van der Waals surface area contributed by atoms with Crippen LogP contribution in [0.25, 0.3) is 6.08 Å². The van der Waals surface area contributed by atoms with Crippen molar-refractivity contribution in [2.24, 2.45) is 7.05 Å². The van der Waals surface area contributed by atoms with E-state index < -0.39 is 10.7 Å². The van der Waals surface area contributed by atoms with Gasteiger partial charge < -0.3 is 9.15 Å². The normalized spacial score (nSPS) is 11.0. The molecule has 9 heteroatoms. The topological polar surface area (TPSA) is 100 Å². The van der Waals surface area contributed by atoms with Gasteiger partial charge >= 0.3 is 5.69 Å². The average Bonchev–Trinajstić information content (AvgIpc) is 3.24. The van der Waals surface area contributed by atoms with Crippen molar-refractivity contribution in [2.45, 2.75) is 6.61 Å². The predicted octanol–water partition coefficient (Wildman–Crippen LogP) is 4.16. The Labute approximate surface area is 162 Å². The molecule has 3 rings (SSSR count). The maximum atomic E-state index is 12.2. The standard InChI is InChI=1S/C18H14BrN3O5/c1-21-10-16(22(24)25)18(20-21)17(23)8-7-13-5-6-15(27-13)11-26-14-4-2-3-12(19)9-14/h2-10H,11H2,1H3/b8-7+. The lowest BCUT2D eigenvalue weighted by atomic mass is 10.2. The maximum absolute atomic E-state index is 12.2. The van der Waals surface area contributed by atoms with Crippen LogP contribution >= 0.6 is 15.9 Å². The molecule has 0 amide bonds. The Kier molecular flexibility index (Phi) is 5.51. The lowest BCUT2D eigenvalue weighted by Crippen LogP contribution is -2.00. The van der Waals surface area contributed by atoms with Crippen molar-refractivity contribution in [3.05, 3.63) is 80.5 Å². The van der Waals surface area contributed by atoms with Crippen LogP contribution in [0, 0.1) is 10.1 Å². The first-order valence-electron chi connectivity index (χ1n) is 7.80. The molecule has 0 aliphatic rings. The number of aryl methyl sites for hydroxylation is 1. The molecule has 0 radical (unpaired) electrons. The van der Waals surface area contributed by atoms with Gasteiger partial charge in [-0.1, -0.05) is 22.0 Å². The highest BCUT2D eigenvalue weighted by Crippen LogP contribution is 2.20. The van der Waals surface area contributed by atoms with Crippen molar-refractivity contribution in [1.29, 1.82) is 0 Å². The van der Waals surface area contributed by atoms with Crippen molar-refractivity contribution in [2.75, 3.05) is 0 Å². The Hall–Kier alpha value is -3.20. The quantitative estimate of drug-likeness (QED) is 0.241. The second-order valence-electron chi connectivity index (χ2n) is 5.54. The Bertz CT molecular complexity index is 1020. The third-order valence-corrected chi connectivity index (χ3v) is 3.99. The zero-order chi connectivity index (χ0) is 19.4. The second kappa shape index (κ2) is 8.00. The van der Waals surface area contributed by atoms with Gasteiger partial charge in [-0.25, -0.2) is 0 Å². The monoisotopic (exact) mass is 431 g/mol. The maximum Gasteiger partial charge on any atom is 0.318 e. The first-order chi connectivity index (χ1) is 12.9. The van der Waals surface area contributed by atoms with E-state index in [-0.39, 0.29) is 18.0 Å². The van der Waals surface area contributed by atoms with Gasteiger partial charge in [-0.2, -0.15) is 5.10 Å². The van der Waals surface area contributed by atoms with Crippen LogP contribution in [-0.4, -0.2) is 20.5 Å². The minimum absolute atomic E-state index is 0.219. The highest BCUT2D eigenvalue weighted by molar-refractivity contribution is 9.10. The molecule has 0 N–H and O–H groups in total. The zero-order valence-corrected chi connectivity index (χ0v) is 15.8. The lowest BCUT2D eigenvalue weighted by molar-refractivity contribution is -0.385. The summed E-state index contributed by atoms with van der Waals surface area (Å²) in [4.78, 5) is 22.5. The Morgan fingerprint density at radius 1 is 1.41 bits per heavy atom. The van der Waals surface area contributed by atoms with Crippen LogP contribution in [0.2, 0.25) is 0 Å². The van der Waals surface area contributed by atoms with Crippen LogP contribution < -0.4 is 4.74 Å². The fraction of sp³-hybridized carbons (Fsp3) is 0.111. The number of nitrogens with zero attached hydrogens (tertiary/aromatic N) is 3.